The predicted molar refractivity (Wildman–Crippen MR) is 86.4 cm³/mol. The number of nitrogens with one attached hydrogen (secondary N) is 1. The summed E-state index contributed by atoms with van der Waals surface area (Å²) in [5.41, 5.74) is 6.63. The van der Waals surface area contributed by atoms with Crippen molar-refractivity contribution < 1.29 is 9.00 Å². The third kappa shape index (κ3) is 5.13. The van der Waals surface area contributed by atoms with E-state index in [4.69, 9.17) is 17.3 Å². The van der Waals surface area contributed by atoms with E-state index in [1.54, 1.807) is 25.1 Å². The fourth-order valence-electron chi connectivity index (χ4n) is 1.51. The summed E-state index contributed by atoms with van der Waals surface area (Å²) in [6, 6.07) is 4.87. The van der Waals surface area contributed by atoms with E-state index >= 15 is 0 Å². The Kier molecular flexibility index (Phi) is 6.49. The molecule has 1 aromatic rings. The van der Waals surface area contributed by atoms with Crippen molar-refractivity contribution in [1.29, 1.82) is 0 Å². The average molecular weight is 317 g/mol. The lowest BCUT2D eigenvalue weighted by Gasteiger charge is -2.13. The Morgan fingerprint density at radius 2 is 2.05 bits per heavy atom. The Morgan fingerprint density at radius 3 is 2.60 bits per heavy atom. The predicted octanol–water partition coefficient (Wildman–Crippen LogP) is 3.04. The van der Waals surface area contributed by atoms with Crippen LogP contribution in [0.3, 0.4) is 0 Å². The third-order valence-corrected chi connectivity index (χ3v) is 4.91. The molecular formula is C14H21ClN2O2S. The maximum Gasteiger partial charge on any atom is 0.239 e. The highest BCUT2D eigenvalue weighted by atomic mass is 35.5. The first kappa shape index (κ1) is 17.0. The average Bonchev–Trinajstić information content (AvgIpc) is 2.39. The van der Waals surface area contributed by atoms with Gasteiger partial charge in [-0.1, -0.05) is 25.4 Å². The molecule has 2 atom stereocenters. The molecule has 0 aliphatic heterocycles. The molecule has 1 amide bonds. The topological polar surface area (TPSA) is 72.2 Å². The van der Waals surface area contributed by atoms with Crippen LogP contribution in [0.1, 0.15) is 27.2 Å². The third-order valence-electron chi connectivity index (χ3n) is 2.92. The number of carbonyl (C=O) groups is 1. The summed E-state index contributed by atoms with van der Waals surface area (Å²) in [4.78, 5) is 12.0. The Morgan fingerprint density at radius 1 is 1.40 bits per heavy atom. The summed E-state index contributed by atoms with van der Waals surface area (Å²) in [6.07, 6.45) is 0.845. The van der Waals surface area contributed by atoms with Crippen molar-refractivity contribution in [3.05, 3.63) is 23.2 Å². The number of nitrogen functional groups attached to an aromatic ring is 1. The Bertz CT molecular complexity index is 506. The Balaban J connectivity index is 2.61. The number of halogens is 1. The first-order valence-corrected chi connectivity index (χ1v) is 8.30. The highest BCUT2D eigenvalue weighted by Crippen LogP contribution is 2.22. The molecule has 0 aliphatic rings. The van der Waals surface area contributed by atoms with Gasteiger partial charge in [0, 0.05) is 22.2 Å². The van der Waals surface area contributed by atoms with Gasteiger partial charge in [0.1, 0.15) is 5.25 Å². The Hall–Kier alpha value is -1.07. The van der Waals surface area contributed by atoms with Crippen molar-refractivity contribution in [3.63, 3.8) is 0 Å². The van der Waals surface area contributed by atoms with E-state index in [0.717, 1.165) is 6.42 Å². The Labute approximate surface area is 127 Å². The number of hydrogen-bond donors (Lipinski definition) is 2. The number of rotatable bonds is 6. The number of anilines is 2. The van der Waals surface area contributed by atoms with Gasteiger partial charge in [-0.15, -0.1) is 0 Å². The van der Waals surface area contributed by atoms with Gasteiger partial charge in [-0.3, -0.25) is 9.00 Å². The minimum atomic E-state index is -1.17. The van der Waals surface area contributed by atoms with Gasteiger partial charge in [-0.25, -0.2) is 0 Å². The highest BCUT2D eigenvalue weighted by molar-refractivity contribution is 7.86. The maximum atomic E-state index is 12.0. The van der Waals surface area contributed by atoms with Gasteiger partial charge >= 0.3 is 0 Å². The molecule has 0 saturated heterocycles. The van der Waals surface area contributed by atoms with Gasteiger partial charge in [0.15, 0.2) is 0 Å². The molecule has 0 saturated carbocycles. The molecule has 0 radical (unpaired) electrons. The molecule has 0 bridgehead atoms. The molecule has 0 fully saturated rings. The van der Waals surface area contributed by atoms with Crippen LogP contribution in [-0.4, -0.2) is 21.1 Å². The molecule has 2 unspecified atom stereocenters. The van der Waals surface area contributed by atoms with Gasteiger partial charge in [0.25, 0.3) is 0 Å². The van der Waals surface area contributed by atoms with E-state index in [9.17, 15) is 9.00 Å². The second kappa shape index (κ2) is 7.64. The first-order chi connectivity index (χ1) is 9.31. The molecule has 1 rings (SSSR count). The molecule has 4 nitrogen and oxygen atoms in total. The normalized spacial score (nSPS) is 14.1. The lowest BCUT2D eigenvalue weighted by atomic mass is 10.2. The summed E-state index contributed by atoms with van der Waals surface area (Å²) in [7, 11) is -1.17. The lowest BCUT2D eigenvalue weighted by Crippen LogP contribution is -2.30. The first-order valence-electron chi connectivity index (χ1n) is 6.54. The van der Waals surface area contributed by atoms with Crippen molar-refractivity contribution in [2.45, 2.75) is 32.4 Å². The smallest absolute Gasteiger partial charge is 0.239 e. The van der Waals surface area contributed by atoms with Gasteiger partial charge in [-0.2, -0.15) is 0 Å². The van der Waals surface area contributed by atoms with E-state index in [0.29, 0.717) is 28.1 Å². The summed E-state index contributed by atoms with van der Waals surface area (Å²) < 4.78 is 12.0. The highest BCUT2D eigenvalue weighted by Gasteiger charge is 2.20. The largest absolute Gasteiger partial charge is 0.397 e. The van der Waals surface area contributed by atoms with Crippen LogP contribution in [0.4, 0.5) is 11.4 Å². The molecule has 0 aliphatic carbocycles. The molecule has 20 heavy (non-hydrogen) atoms. The number of benzene rings is 1. The second-order valence-electron chi connectivity index (χ2n) is 5.14. The molecular weight excluding hydrogens is 296 g/mol. The SMILES string of the molecule is CC(C)CCS(=O)C(C)C(=O)Nc1ccc(Cl)c(N)c1. The monoisotopic (exact) mass is 316 g/mol. The number of hydrogen-bond acceptors (Lipinski definition) is 3. The second-order valence-corrected chi connectivity index (χ2v) is 7.42. The summed E-state index contributed by atoms with van der Waals surface area (Å²) in [5, 5.41) is 2.60. The molecule has 0 aromatic heterocycles. The number of amides is 1. The molecule has 6 heteroatoms. The van der Waals surface area contributed by atoms with E-state index in [2.05, 4.69) is 19.2 Å². The zero-order chi connectivity index (χ0) is 15.3. The van der Waals surface area contributed by atoms with Crippen LogP contribution in [0, 0.1) is 5.92 Å². The van der Waals surface area contributed by atoms with Crippen molar-refractivity contribution in [2.75, 3.05) is 16.8 Å². The van der Waals surface area contributed by atoms with E-state index in [1.165, 1.54) is 0 Å². The fraction of sp³-hybridized carbons (Fsp3) is 0.500. The maximum absolute atomic E-state index is 12.0. The molecule has 0 spiro atoms. The fourth-order valence-corrected chi connectivity index (χ4v) is 2.99. The summed E-state index contributed by atoms with van der Waals surface area (Å²) in [5.74, 6) is 0.744. The van der Waals surface area contributed by atoms with Crippen molar-refractivity contribution in [1.82, 2.24) is 0 Å². The molecule has 112 valence electrons. The molecule has 3 N–H and O–H groups in total. The summed E-state index contributed by atoms with van der Waals surface area (Å²) >= 11 is 5.81. The standard InChI is InChI=1S/C14H21ClN2O2S/c1-9(2)6-7-20(19)10(3)14(18)17-11-4-5-12(15)13(16)8-11/h4-5,8-10H,6-7,16H2,1-3H3,(H,17,18). The van der Waals surface area contributed by atoms with Gasteiger partial charge in [-0.05, 0) is 37.5 Å². The van der Waals surface area contributed by atoms with E-state index < -0.39 is 16.0 Å². The number of carbonyl (C=O) groups excluding carboxylic acids is 1. The van der Waals surface area contributed by atoms with Gasteiger partial charge in [0.2, 0.25) is 5.91 Å². The van der Waals surface area contributed by atoms with Crippen LogP contribution in [0.25, 0.3) is 0 Å². The van der Waals surface area contributed by atoms with Crippen molar-refractivity contribution >= 4 is 39.7 Å². The van der Waals surface area contributed by atoms with Gasteiger partial charge < -0.3 is 11.1 Å². The van der Waals surface area contributed by atoms with Gasteiger partial charge in [0.05, 0.1) is 10.7 Å². The molecule has 0 heterocycles. The summed E-state index contributed by atoms with van der Waals surface area (Å²) in [6.45, 7) is 5.81. The van der Waals surface area contributed by atoms with Crippen LogP contribution in [0.15, 0.2) is 18.2 Å². The van der Waals surface area contributed by atoms with Crippen LogP contribution >= 0.6 is 11.6 Å². The van der Waals surface area contributed by atoms with Crippen LogP contribution in [0.5, 0.6) is 0 Å². The van der Waals surface area contributed by atoms with Crippen LogP contribution < -0.4 is 11.1 Å². The van der Waals surface area contributed by atoms with Crippen molar-refractivity contribution in [2.24, 2.45) is 5.92 Å². The minimum absolute atomic E-state index is 0.270. The van der Waals surface area contributed by atoms with E-state index in [-0.39, 0.29) is 5.91 Å². The zero-order valence-electron chi connectivity index (χ0n) is 12.0. The van der Waals surface area contributed by atoms with E-state index in [1.807, 2.05) is 0 Å². The van der Waals surface area contributed by atoms with Crippen molar-refractivity contribution in [3.8, 4) is 0 Å². The zero-order valence-corrected chi connectivity index (χ0v) is 13.6. The van der Waals surface area contributed by atoms with Crippen LogP contribution in [0.2, 0.25) is 5.02 Å². The van der Waals surface area contributed by atoms with Crippen LogP contribution in [-0.2, 0) is 15.6 Å². The minimum Gasteiger partial charge on any atom is -0.397 e. The number of nitrogens with two attached hydrogens (primary N) is 1. The molecule has 1 aromatic carbocycles. The quantitative estimate of drug-likeness (QED) is 0.792. The lowest BCUT2D eigenvalue weighted by molar-refractivity contribution is -0.115.